The zero-order chi connectivity index (χ0) is 17.8. The van der Waals surface area contributed by atoms with E-state index >= 15 is 0 Å². The fourth-order valence-electron chi connectivity index (χ4n) is 3.92. The normalized spacial score (nSPS) is 24.6. The molecule has 2 aromatic carbocycles. The lowest BCUT2D eigenvalue weighted by molar-refractivity contribution is -0.138. The van der Waals surface area contributed by atoms with Gasteiger partial charge in [0.25, 0.3) is 0 Å². The van der Waals surface area contributed by atoms with Crippen LogP contribution in [-0.4, -0.2) is 0 Å². The molecule has 1 aliphatic carbocycles. The maximum absolute atomic E-state index is 13.5. The van der Waals surface area contributed by atoms with Gasteiger partial charge in [0.1, 0.15) is 0 Å². The summed E-state index contributed by atoms with van der Waals surface area (Å²) in [4.78, 5) is 0. The molecule has 0 spiro atoms. The molecule has 0 bridgehead atoms. The quantitative estimate of drug-likeness (QED) is 0.485. The monoisotopic (exact) mass is 427 g/mol. The van der Waals surface area contributed by atoms with Gasteiger partial charge in [-0.15, -0.1) is 0 Å². The van der Waals surface area contributed by atoms with Crippen LogP contribution in [-0.2, 0) is 6.18 Å². The SMILES string of the molecule is FC(F)(F)c1ccc(Cl)c2c1[C@@H]1C=CC[C@H]1[C@@H](c1ccc(Br)cc1)N2. The molecule has 1 N–H and O–H groups in total. The van der Waals surface area contributed by atoms with Gasteiger partial charge in [0.2, 0.25) is 0 Å². The summed E-state index contributed by atoms with van der Waals surface area (Å²) < 4.78 is 41.6. The zero-order valence-electron chi connectivity index (χ0n) is 12.9. The lowest BCUT2D eigenvalue weighted by Gasteiger charge is -2.39. The maximum Gasteiger partial charge on any atom is 0.416 e. The van der Waals surface area contributed by atoms with Crippen molar-refractivity contribution in [2.75, 3.05) is 5.32 Å². The van der Waals surface area contributed by atoms with Crippen molar-refractivity contribution >= 4 is 33.2 Å². The van der Waals surface area contributed by atoms with Crippen molar-refractivity contribution in [1.82, 2.24) is 0 Å². The molecular weight excluding hydrogens is 415 g/mol. The van der Waals surface area contributed by atoms with Crippen molar-refractivity contribution in [2.45, 2.75) is 24.6 Å². The molecular formula is C19H14BrClF3N. The van der Waals surface area contributed by atoms with Gasteiger partial charge in [0.05, 0.1) is 22.3 Å². The van der Waals surface area contributed by atoms with Gasteiger partial charge in [0.15, 0.2) is 0 Å². The summed E-state index contributed by atoms with van der Waals surface area (Å²) in [5.41, 5.74) is 1.11. The summed E-state index contributed by atoms with van der Waals surface area (Å²) in [7, 11) is 0. The molecule has 0 radical (unpaired) electrons. The number of anilines is 1. The average molecular weight is 429 g/mol. The Morgan fingerprint density at radius 2 is 1.80 bits per heavy atom. The van der Waals surface area contributed by atoms with Gasteiger partial charge < -0.3 is 5.32 Å². The number of alkyl halides is 3. The Balaban J connectivity index is 1.87. The average Bonchev–Trinajstić information content (AvgIpc) is 3.04. The van der Waals surface area contributed by atoms with Crippen molar-refractivity contribution in [3.63, 3.8) is 0 Å². The first-order chi connectivity index (χ1) is 11.9. The summed E-state index contributed by atoms with van der Waals surface area (Å²) in [6, 6.07) is 10.2. The Hall–Kier alpha value is -1.46. The number of rotatable bonds is 1. The van der Waals surface area contributed by atoms with Crippen LogP contribution in [0.3, 0.4) is 0 Å². The molecule has 1 aliphatic heterocycles. The summed E-state index contributed by atoms with van der Waals surface area (Å²) in [5, 5.41) is 3.62. The van der Waals surface area contributed by atoms with E-state index in [2.05, 4.69) is 21.2 Å². The van der Waals surface area contributed by atoms with Crippen LogP contribution < -0.4 is 5.32 Å². The second-order valence-electron chi connectivity index (χ2n) is 6.41. The van der Waals surface area contributed by atoms with Crippen LogP contribution in [0.5, 0.6) is 0 Å². The van der Waals surface area contributed by atoms with Crippen LogP contribution in [0.2, 0.25) is 5.02 Å². The van der Waals surface area contributed by atoms with Crippen molar-refractivity contribution < 1.29 is 13.2 Å². The second-order valence-corrected chi connectivity index (χ2v) is 7.73. The molecule has 0 amide bonds. The Morgan fingerprint density at radius 3 is 2.48 bits per heavy atom. The topological polar surface area (TPSA) is 12.0 Å². The Labute approximate surface area is 157 Å². The van der Waals surface area contributed by atoms with Gasteiger partial charge in [-0.1, -0.05) is 51.8 Å². The van der Waals surface area contributed by atoms with Gasteiger partial charge in [-0.25, -0.2) is 0 Å². The van der Waals surface area contributed by atoms with Gasteiger partial charge in [-0.05, 0) is 47.7 Å². The minimum absolute atomic E-state index is 0.0354. The summed E-state index contributed by atoms with van der Waals surface area (Å²) in [6.07, 6.45) is 0.199. The molecule has 4 rings (SSSR count). The van der Waals surface area contributed by atoms with E-state index in [-0.39, 0.29) is 23.4 Å². The zero-order valence-corrected chi connectivity index (χ0v) is 15.3. The summed E-state index contributed by atoms with van der Waals surface area (Å²) in [5.74, 6) is -0.256. The highest BCUT2D eigenvalue weighted by atomic mass is 79.9. The number of fused-ring (bicyclic) bond motifs is 3. The number of allylic oxidation sites excluding steroid dienone is 2. The Morgan fingerprint density at radius 1 is 1.08 bits per heavy atom. The van der Waals surface area contributed by atoms with Crippen LogP contribution in [0.15, 0.2) is 53.0 Å². The van der Waals surface area contributed by atoms with Crippen LogP contribution in [0.1, 0.15) is 35.1 Å². The van der Waals surface area contributed by atoms with Crippen LogP contribution in [0, 0.1) is 5.92 Å². The minimum Gasteiger partial charge on any atom is -0.376 e. The van der Waals surface area contributed by atoms with E-state index in [9.17, 15) is 13.2 Å². The fourth-order valence-corrected chi connectivity index (χ4v) is 4.41. The molecule has 0 saturated carbocycles. The highest BCUT2D eigenvalue weighted by Gasteiger charge is 2.44. The van der Waals surface area contributed by atoms with Crippen LogP contribution >= 0.6 is 27.5 Å². The van der Waals surface area contributed by atoms with Crippen molar-refractivity contribution in [3.8, 4) is 0 Å². The largest absolute Gasteiger partial charge is 0.416 e. The van der Waals surface area contributed by atoms with E-state index in [1.165, 1.54) is 6.07 Å². The molecule has 0 saturated heterocycles. The van der Waals surface area contributed by atoms with Gasteiger partial charge in [-0.2, -0.15) is 13.2 Å². The number of hydrogen-bond donors (Lipinski definition) is 1. The number of halogens is 5. The van der Waals surface area contributed by atoms with Gasteiger partial charge in [-0.3, -0.25) is 0 Å². The molecule has 2 aliphatic rings. The maximum atomic E-state index is 13.5. The predicted molar refractivity (Wildman–Crippen MR) is 96.9 cm³/mol. The number of nitrogens with one attached hydrogen (secondary N) is 1. The van der Waals surface area contributed by atoms with E-state index in [4.69, 9.17) is 11.6 Å². The van der Waals surface area contributed by atoms with Crippen LogP contribution in [0.4, 0.5) is 18.9 Å². The van der Waals surface area contributed by atoms with E-state index in [0.29, 0.717) is 10.7 Å². The molecule has 3 atom stereocenters. The molecule has 25 heavy (non-hydrogen) atoms. The molecule has 6 heteroatoms. The van der Waals surface area contributed by atoms with E-state index < -0.39 is 11.7 Å². The van der Waals surface area contributed by atoms with Crippen LogP contribution in [0.25, 0.3) is 0 Å². The minimum atomic E-state index is -4.40. The van der Waals surface area contributed by atoms with Crippen molar-refractivity contribution in [2.24, 2.45) is 5.92 Å². The first-order valence-corrected chi connectivity index (χ1v) is 9.11. The third kappa shape index (κ3) is 2.87. The molecule has 130 valence electrons. The first kappa shape index (κ1) is 17.0. The van der Waals surface area contributed by atoms with Gasteiger partial charge in [0, 0.05) is 10.4 Å². The van der Waals surface area contributed by atoms with Gasteiger partial charge >= 0.3 is 6.18 Å². The van der Waals surface area contributed by atoms with Crippen molar-refractivity contribution in [3.05, 3.63) is 74.7 Å². The highest BCUT2D eigenvalue weighted by molar-refractivity contribution is 9.10. The molecule has 2 aromatic rings. The third-order valence-corrected chi connectivity index (χ3v) is 5.85. The van der Waals surface area contributed by atoms with E-state index in [0.717, 1.165) is 22.5 Å². The Kier molecular flexibility index (Phi) is 4.12. The van der Waals surface area contributed by atoms with E-state index in [1.807, 2.05) is 36.4 Å². The smallest absolute Gasteiger partial charge is 0.376 e. The number of hydrogen-bond acceptors (Lipinski definition) is 1. The van der Waals surface area contributed by atoms with E-state index in [1.54, 1.807) is 0 Å². The number of benzene rings is 2. The molecule has 1 nitrogen and oxygen atoms in total. The summed E-state index contributed by atoms with van der Waals surface area (Å²) in [6.45, 7) is 0. The fraction of sp³-hybridized carbons (Fsp3) is 0.263. The second kappa shape index (κ2) is 6.06. The lowest BCUT2D eigenvalue weighted by atomic mass is 9.75. The standard InChI is InChI=1S/C19H14BrClF3N/c20-11-6-4-10(5-7-11)17-13-3-1-2-12(13)16-14(19(22,23)24)8-9-15(21)18(16)25-17/h1-2,4-9,12-13,17,25H,3H2/t12-,13-,17-/m1/s1. The third-order valence-electron chi connectivity index (χ3n) is 5.00. The molecule has 0 fully saturated rings. The molecule has 0 aromatic heterocycles. The van der Waals surface area contributed by atoms with Crippen molar-refractivity contribution in [1.29, 1.82) is 0 Å². The predicted octanol–water partition coefficient (Wildman–Crippen LogP) is 6.95. The lowest BCUT2D eigenvalue weighted by Crippen LogP contribution is -2.31. The summed E-state index contributed by atoms with van der Waals surface area (Å²) >= 11 is 9.69. The Bertz CT molecular complexity index is 845. The first-order valence-electron chi connectivity index (χ1n) is 7.94. The highest BCUT2D eigenvalue weighted by Crippen LogP contribution is 2.54. The molecule has 0 unspecified atom stereocenters. The molecule has 1 heterocycles.